The summed E-state index contributed by atoms with van der Waals surface area (Å²) in [6, 6.07) is 0. The first-order valence-electron chi connectivity index (χ1n) is 5.97. The highest BCUT2D eigenvalue weighted by molar-refractivity contribution is 8.05. The lowest BCUT2D eigenvalue weighted by Gasteiger charge is -2.29. The van der Waals surface area contributed by atoms with Crippen LogP contribution in [0.1, 0.15) is 54.4 Å². The molecule has 1 nitrogen and oxygen atoms in total. The fraction of sp³-hybridized carbons (Fsp3) is 0.923. The quantitative estimate of drug-likeness (QED) is 0.742. The maximum absolute atomic E-state index is 11.9. The SMILES string of the molecule is CC(C)(C)SC1CCC(=O)C1SC(C)(C)C. The van der Waals surface area contributed by atoms with Crippen molar-refractivity contribution in [1.29, 1.82) is 0 Å². The summed E-state index contributed by atoms with van der Waals surface area (Å²) in [6.07, 6.45) is 1.84. The molecule has 3 heteroatoms. The van der Waals surface area contributed by atoms with Crippen LogP contribution in [0.5, 0.6) is 0 Å². The Bertz CT molecular complexity index is 260. The topological polar surface area (TPSA) is 17.1 Å². The Morgan fingerprint density at radius 1 is 1.00 bits per heavy atom. The van der Waals surface area contributed by atoms with E-state index in [1.807, 2.05) is 23.5 Å². The van der Waals surface area contributed by atoms with E-state index in [4.69, 9.17) is 0 Å². The summed E-state index contributed by atoms with van der Waals surface area (Å²) in [6.45, 7) is 13.3. The second-order valence-corrected chi connectivity index (χ2v) is 10.5. The van der Waals surface area contributed by atoms with Crippen LogP contribution in [-0.4, -0.2) is 25.8 Å². The van der Waals surface area contributed by atoms with Crippen molar-refractivity contribution in [2.45, 2.75) is 74.4 Å². The molecule has 0 aromatic rings. The summed E-state index contributed by atoms with van der Waals surface area (Å²) in [5.74, 6) is 0.460. The Morgan fingerprint density at radius 2 is 1.50 bits per heavy atom. The number of hydrogen-bond donors (Lipinski definition) is 0. The smallest absolute Gasteiger partial charge is 0.147 e. The van der Waals surface area contributed by atoms with E-state index in [9.17, 15) is 4.79 Å². The maximum atomic E-state index is 11.9. The third-order valence-corrected chi connectivity index (χ3v) is 5.56. The van der Waals surface area contributed by atoms with Gasteiger partial charge in [-0.05, 0) is 6.42 Å². The first-order valence-corrected chi connectivity index (χ1v) is 7.73. The van der Waals surface area contributed by atoms with Gasteiger partial charge in [0.15, 0.2) is 0 Å². The monoisotopic (exact) mass is 260 g/mol. The summed E-state index contributed by atoms with van der Waals surface area (Å²) >= 11 is 3.83. The number of thioether (sulfide) groups is 2. The minimum atomic E-state index is 0.182. The molecule has 1 saturated carbocycles. The minimum absolute atomic E-state index is 0.182. The summed E-state index contributed by atoms with van der Waals surface area (Å²) in [5, 5.41) is 0.723. The van der Waals surface area contributed by atoms with Gasteiger partial charge in [-0.25, -0.2) is 0 Å². The zero-order valence-electron chi connectivity index (χ0n) is 11.3. The van der Waals surface area contributed by atoms with E-state index in [1.54, 1.807) is 0 Å². The maximum Gasteiger partial charge on any atom is 0.147 e. The van der Waals surface area contributed by atoms with Crippen molar-refractivity contribution in [3.8, 4) is 0 Å². The van der Waals surface area contributed by atoms with E-state index in [1.165, 1.54) is 0 Å². The lowest BCUT2D eigenvalue weighted by molar-refractivity contribution is -0.116. The first kappa shape index (κ1) is 14.4. The molecule has 0 N–H and O–H groups in total. The van der Waals surface area contributed by atoms with Crippen LogP contribution in [0.15, 0.2) is 0 Å². The highest BCUT2D eigenvalue weighted by Gasteiger charge is 2.39. The van der Waals surface area contributed by atoms with Crippen molar-refractivity contribution in [1.82, 2.24) is 0 Å². The van der Waals surface area contributed by atoms with Gasteiger partial charge < -0.3 is 0 Å². The van der Waals surface area contributed by atoms with Gasteiger partial charge in [0.25, 0.3) is 0 Å². The lowest BCUT2D eigenvalue weighted by atomic mass is 10.2. The molecule has 0 heterocycles. The zero-order chi connectivity index (χ0) is 12.6. The molecule has 2 atom stereocenters. The van der Waals surface area contributed by atoms with Gasteiger partial charge in [0.1, 0.15) is 5.78 Å². The van der Waals surface area contributed by atoms with E-state index < -0.39 is 0 Å². The van der Waals surface area contributed by atoms with Crippen LogP contribution in [-0.2, 0) is 4.79 Å². The molecule has 0 saturated heterocycles. The number of carbonyl (C=O) groups excluding carboxylic acids is 1. The van der Waals surface area contributed by atoms with E-state index in [0.717, 1.165) is 12.8 Å². The van der Waals surface area contributed by atoms with Crippen LogP contribution in [0.3, 0.4) is 0 Å². The average molecular weight is 260 g/mol. The number of hydrogen-bond acceptors (Lipinski definition) is 3. The Labute approximate surface area is 109 Å². The number of rotatable bonds is 2. The fourth-order valence-electron chi connectivity index (χ4n) is 1.88. The molecule has 2 unspecified atom stereocenters. The summed E-state index contributed by atoms with van der Waals surface area (Å²) in [7, 11) is 0. The normalized spacial score (nSPS) is 27.5. The van der Waals surface area contributed by atoms with E-state index in [2.05, 4.69) is 41.5 Å². The van der Waals surface area contributed by atoms with Gasteiger partial charge >= 0.3 is 0 Å². The highest BCUT2D eigenvalue weighted by atomic mass is 32.2. The Morgan fingerprint density at radius 3 is 1.94 bits per heavy atom. The van der Waals surface area contributed by atoms with Crippen LogP contribution in [0.2, 0.25) is 0 Å². The Kier molecular flexibility index (Phi) is 4.45. The predicted octanol–water partition coefficient (Wildman–Crippen LogP) is 4.15. The minimum Gasteiger partial charge on any atom is -0.298 e. The summed E-state index contributed by atoms with van der Waals surface area (Å²) < 4.78 is 0.438. The van der Waals surface area contributed by atoms with Crippen molar-refractivity contribution in [2.24, 2.45) is 0 Å². The second kappa shape index (κ2) is 4.93. The molecular formula is C13H24OS2. The van der Waals surface area contributed by atoms with Crippen molar-refractivity contribution in [3.63, 3.8) is 0 Å². The Hall–Kier alpha value is 0.370. The first-order chi connectivity index (χ1) is 7.08. The molecule has 0 aliphatic heterocycles. The van der Waals surface area contributed by atoms with Gasteiger partial charge in [0.2, 0.25) is 0 Å². The van der Waals surface area contributed by atoms with Crippen LogP contribution in [0.4, 0.5) is 0 Å². The van der Waals surface area contributed by atoms with E-state index in [0.29, 0.717) is 11.0 Å². The molecule has 94 valence electrons. The Balaban J connectivity index is 2.67. The van der Waals surface area contributed by atoms with Crippen LogP contribution < -0.4 is 0 Å². The zero-order valence-corrected chi connectivity index (χ0v) is 12.9. The number of carbonyl (C=O) groups is 1. The molecule has 0 spiro atoms. The van der Waals surface area contributed by atoms with Gasteiger partial charge in [-0.2, -0.15) is 11.8 Å². The number of ketones is 1. The van der Waals surface area contributed by atoms with Crippen LogP contribution in [0.25, 0.3) is 0 Å². The third kappa shape index (κ3) is 4.70. The van der Waals surface area contributed by atoms with Crippen molar-refractivity contribution >= 4 is 29.3 Å². The van der Waals surface area contributed by atoms with Crippen LogP contribution >= 0.6 is 23.5 Å². The van der Waals surface area contributed by atoms with Crippen LogP contribution in [0, 0.1) is 0 Å². The van der Waals surface area contributed by atoms with Gasteiger partial charge in [0, 0.05) is 21.2 Å². The van der Waals surface area contributed by atoms with Crippen molar-refractivity contribution in [3.05, 3.63) is 0 Å². The molecule has 1 rings (SSSR count). The predicted molar refractivity (Wildman–Crippen MR) is 76.5 cm³/mol. The average Bonchev–Trinajstić information content (AvgIpc) is 2.30. The molecule has 0 aromatic heterocycles. The van der Waals surface area contributed by atoms with Gasteiger partial charge in [-0.3, -0.25) is 4.79 Å². The number of Topliss-reactive ketones (excluding diaryl/α,β-unsaturated/α-hetero) is 1. The molecule has 0 radical (unpaired) electrons. The molecule has 0 aromatic carbocycles. The molecule has 1 fully saturated rings. The summed E-state index contributed by atoms with van der Waals surface area (Å²) in [5.41, 5.74) is 0. The van der Waals surface area contributed by atoms with Gasteiger partial charge in [0.05, 0.1) is 5.25 Å². The molecule has 0 amide bonds. The van der Waals surface area contributed by atoms with E-state index in [-0.39, 0.29) is 14.7 Å². The van der Waals surface area contributed by atoms with Gasteiger partial charge in [-0.15, -0.1) is 11.8 Å². The molecule has 1 aliphatic carbocycles. The summed E-state index contributed by atoms with van der Waals surface area (Å²) in [4.78, 5) is 11.9. The third-order valence-electron chi connectivity index (χ3n) is 2.32. The van der Waals surface area contributed by atoms with E-state index >= 15 is 0 Å². The lowest BCUT2D eigenvalue weighted by Crippen LogP contribution is -2.28. The second-order valence-electron chi connectivity index (χ2n) is 6.42. The fourth-order valence-corrected chi connectivity index (χ4v) is 4.93. The standard InChI is InChI=1S/C13H24OS2/c1-12(2,3)15-10-8-7-9(14)11(10)16-13(4,5)6/h10-11H,7-8H2,1-6H3. The largest absolute Gasteiger partial charge is 0.298 e. The van der Waals surface area contributed by atoms with Gasteiger partial charge in [-0.1, -0.05) is 41.5 Å². The molecule has 0 bridgehead atoms. The highest BCUT2D eigenvalue weighted by Crippen LogP contribution is 2.44. The molecular weight excluding hydrogens is 236 g/mol. The molecule has 16 heavy (non-hydrogen) atoms. The van der Waals surface area contributed by atoms with Crippen molar-refractivity contribution in [2.75, 3.05) is 0 Å². The van der Waals surface area contributed by atoms with Crippen molar-refractivity contribution < 1.29 is 4.79 Å². The molecule has 1 aliphatic rings.